The molecule has 5 rings (SSSR count). The monoisotopic (exact) mass is 398 g/mol. The summed E-state index contributed by atoms with van der Waals surface area (Å²) in [5.41, 5.74) is -0.628. The van der Waals surface area contributed by atoms with Gasteiger partial charge in [-0.1, -0.05) is 17.3 Å². The van der Waals surface area contributed by atoms with Crippen molar-refractivity contribution in [3.8, 4) is 22.2 Å². The Morgan fingerprint density at radius 3 is 2.93 bits per heavy atom. The minimum Gasteiger partial charge on any atom is -0.454 e. The lowest BCUT2D eigenvalue weighted by Crippen LogP contribution is -2.40. The molecule has 1 fully saturated rings. The molecule has 0 unspecified atom stereocenters. The molecule has 0 bridgehead atoms. The Morgan fingerprint density at radius 2 is 2.11 bits per heavy atom. The molecule has 3 aromatic rings. The fourth-order valence-corrected chi connectivity index (χ4v) is 3.85. The molecule has 1 N–H and O–H groups in total. The van der Waals surface area contributed by atoms with Crippen LogP contribution < -0.4 is 14.8 Å². The van der Waals surface area contributed by atoms with E-state index >= 15 is 0 Å². The summed E-state index contributed by atoms with van der Waals surface area (Å²) < 4.78 is 15.9. The zero-order valence-corrected chi connectivity index (χ0v) is 15.5. The van der Waals surface area contributed by atoms with Crippen LogP contribution in [0.1, 0.15) is 18.4 Å². The molecule has 2 aliphatic heterocycles. The van der Waals surface area contributed by atoms with Gasteiger partial charge in [0.1, 0.15) is 12.1 Å². The Morgan fingerprint density at radius 1 is 1.25 bits per heavy atom. The van der Waals surface area contributed by atoms with Gasteiger partial charge in [0.05, 0.1) is 4.88 Å². The molecule has 9 nitrogen and oxygen atoms in total. The van der Waals surface area contributed by atoms with Crippen molar-refractivity contribution in [1.82, 2.24) is 20.4 Å². The summed E-state index contributed by atoms with van der Waals surface area (Å²) in [5.74, 6) is 1.34. The van der Waals surface area contributed by atoms with E-state index in [2.05, 4.69) is 15.5 Å². The number of nitrogens with one attached hydrogen (secondary N) is 1. The molecule has 0 spiro atoms. The molecule has 0 radical (unpaired) electrons. The molecule has 142 valence electrons. The van der Waals surface area contributed by atoms with Gasteiger partial charge in [0.15, 0.2) is 11.5 Å². The van der Waals surface area contributed by atoms with Crippen LogP contribution in [0.4, 0.5) is 4.79 Å². The highest BCUT2D eigenvalue weighted by Gasteiger charge is 2.49. The zero-order valence-electron chi connectivity index (χ0n) is 14.7. The summed E-state index contributed by atoms with van der Waals surface area (Å²) in [4.78, 5) is 31.7. The maximum atomic E-state index is 13.1. The molecule has 3 amide bonds. The molecule has 28 heavy (non-hydrogen) atoms. The molecule has 10 heteroatoms. The van der Waals surface area contributed by atoms with Gasteiger partial charge in [-0.25, -0.2) is 4.79 Å². The molecular weight excluding hydrogens is 384 g/mol. The first-order valence-electron chi connectivity index (χ1n) is 8.45. The number of rotatable bonds is 4. The summed E-state index contributed by atoms with van der Waals surface area (Å²) >= 11 is 1.47. The lowest BCUT2D eigenvalue weighted by atomic mass is 9.91. The van der Waals surface area contributed by atoms with Crippen LogP contribution in [0, 0.1) is 0 Å². The van der Waals surface area contributed by atoms with E-state index in [9.17, 15) is 9.59 Å². The second-order valence-electron chi connectivity index (χ2n) is 6.50. The van der Waals surface area contributed by atoms with Crippen molar-refractivity contribution >= 4 is 23.3 Å². The van der Waals surface area contributed by atoms with Crippen LogP contribution in [0.2, 0.25) is 0 Å². The molecule has 2 aliphatic rings. The molecule has 4 heterocycles. The first kappa shape index (κ1) is 16.8. The number of nitrogens with zero attached hydrogens (tertiary/aromatic N) is 3. The Hall–Kier alpha value is -3.40. The number of aromatic nitrogens is 2. The van der Waals surface area contributed by atoms with Crippen molar-refractivity contribution < 1.29 is 23.6 Å². The average Bonchev–Trinajstić information content (AvgIpc) is 3.47. The Balaban J connectivity index is 1.40. The lowest BCUT2D eigenvalue weighted by molar-refractivity contribution is -0.131. The van der Waals surface area contributed by atoms with Gasteiger partial charge in [-0.05, 0) is 36.1 Å². The third-order valence-corrected chi connectivity index (χ3v) is 5.59. The third kappa shape index (κ3) is 2.53. The molecule has 0 aliphatic carbocycles. The van der Waals surface area contributed by atoms with Crippen LogP contribution in [0.15, 0.2) is 40.2 Å². The Labute approximate surface area is 162 Å². The number of hydrogen-bond donors (Lipinski definition) is 1. The number of hydrogen-bond acceptors (Lipinski definition) is 8. The van der Waals surface area contributed by atoms with E-state index in [4.69, 9.17) is 14.0 Å². The number of urea groups is 1. The summed E-state index contributed by atoms with van der Waals surface area (Å²) in [6, 6.07) is 8.37. The van der Waals surface area contributed by atoms with E-state index in [-0.39, 0.29) is 19.2 Å². The van der Waals surface area contributed by atoms with Crippen molar-refractivity contribution in [2.24, 2.45) is 0 Å². The van der Waals surface area contributed by atoms with Crippen LogP contribution in [-0.4, -0.2) is 33.8 Å². The van der Waals surface area contributed by atoms with E-state index in [1.54, 1.807) is 25.1 Å². The highest BCUT2D eigenvalue weighted by molar-refractivity contribution is 7.13. The molecular formula is C18H14N4O5S. The maximum absolute atomic E-state index is 13.1. The van der Waals surface area contributed by atoms with Crippen molar-refractivity contribution in [3.05, 3.63) is 47.2 Å². The summed E-state index contributed by atoms with van der Waals surface area (Å²) in [6.45, 7) is 1.67. The number of thiophene rings is 1. The van der Waals surface area contributed by atoms with Crippen molar-refractivity contribution in [3.63, 3.8) is 0 Å². The smallest absolute Gasteiger partial charge is 0.325 e. The topological polar surface area (TPSA) is 107 Å². The van der Waals surface area contributed by atoms with Gasteiger partial charge in [0.25, 0.3) is 5.91 Å². The van der Waals surface area contributed by atoms with Gasteiger partial charge in [-0.3, -0.25) is 9.69 Å². The first-order chi connectivity index (χ1) is 13.5. The second-order valence-corrected chi connectivity index (χ2v) is 7.45. The number of fused-ring (bicyclic) bond motifs is 1. The van der Waals surface area contributed by atoms with Gasteiger partial charge >= 0.3 is 6.03 Å². The summed E-state index contributed by atoms with van der Waals surface area (Å²) in [7, 11) is 0. The Bertz CT molecular complexity index is 1080. The fraction of sp³-hybridized carbons (Fsp3) is 0.222. The van der Waals surface area contributed by atoms with Crippen molar-refractivity contribution in [2.75, 3.05) is 6.79 Å². The van der Waals surface area contributed by atoms with Crippen LogP contribution >= 0.6 is 11.3 Å². The number of ether oxygens (including phenoxy) is 2. The van der Waals surface area contributed by atoms with E-state index in [1.807, 2.05) is 17.5 Å². The first-order valence-corrected chi connectivity index (χ1v) is 9.33. The third-order valence-electron chi connectivity index (χ3n) is 4.73. The number of carbonyl (C=O) groups is 2. The molecule has 0 saturated carbocycles. The SMILES string of the molecule is C[C@@]1(c2ccc3c(c2)OCO3)NC(=O)N(Cc2nc(-c3cccs3)no2)C1=O. The number of imide groups is 1. The summed E-state index contributed by atoms with van der Waals surface area (Å²) in [6.07, 6.45) is 0. The van der Waals surface area contributed by atoms with Gasteiger partial charge < -0.3 is 19.3 Å². The van der Waals surface area contributed by atoms with E-state index in [1.165, 1.54) is 11.3 Å². The van der Waals surface area contributed by atoms with E-state index in [0.717, 1.165) is 9.78 Å². The molecule has 1 saturated heterocycles. The number of benzene rings is 1. The summed E-state index contributed by atoms with van der Waals surface area (Å²) in [5, 5.41) is 8.56. The number of carbonyl (C=O) groups excluding carboxylic acids is 2. The maximum Gasteiger partial charge on any atom is 0.325 e. The average molecular weight is 398 g/mol. The molecule has 2 aromatic heterocycles. The van der Waals surface area contributed by atoms with Gasteiger partial charge in [-0.2, -0.15) is 4.98 Å². The lowest BCUT2D eigenvalue weighted by Gasteiger charge is -2.22. The number of amides is 3. The van der Waals surface area contributed by atoms with E-state index in [0.29, 0.717) is 22.9 Å². The molecule has 1 atom stereocenters. The van der Waals surface area contributed by atoms with Gasteiger partial charge in [0.2, 0.25) is 18.5 Å². The predicted octanol–water partition coefficient (Wildman–Crippen LogP) is 2.49. The standard InChI is InChI=1S/C18H14N4O5S/c1-18(10-4-5-11-12(7-10)26-9-25-11)16(23)22(17(24)20-18)8-14-19-15(21-27-14)13-3-2-6-28-13/h2-7H,8-9H2,1H3,(H,20,24)/t18-/m0/s1. The highest BCUT2D eigenvalue weighted by Crippen LogP contribution is 2.38. The zero-order chi connectivity index (χ0) is 19.3. The quantitative estimate of drug-likeness (QED) is 0.673. The van der Waals surface area contributed by atoms with Gasteiger partial charge in [-0.15, -0.1) is 11.3 Å². The Kier molecular flexibility index (Phi) is 3.63. The minimum absolute atomic E-state index is 0.108. The van der Waals surface area contributed by atoms with E-state index < -0.39 is 17.5 Å². The van der Waals surface area contributed by atoms with Crippen LogP contribution in [0.3, 0.4) is 0 Å². The van der Waals surface area contributed by atoms with Crippen molar-refractivity contribution in [1.29, 1.82) is 0 Å². The van der Waals surface area contributed by atoms with Crippen LogP contribution in [-0.2, 0) is 16.9 Å². The highest BCUT2D eigenvalue weighted by atomic mass is 32.1. The van der Waals surface area contributed by atoms with Crippen LogP contribution in [0.5, 0.6) is 11.5 Å². The second kappa shape index (κ2) is 6.06. The largest absolute Gasteiger partial charge is 0.454 e. The minimum atomic E-state index is -1.23. The predicted molar refractivity (Wildman–Crippen MR) is 96.6 cm³/mol. The normalized spacial score (nSPS) is 20.7. The fourth-order valence-electron chi connectivity index (χ4n) is 3.20. The van der Waals surface area contributed by atoms with Crippen molar-refractivity contribution in [2.45, 2.75) is 19.0 Å². The van der Waals surface area contributed by atoms with Gasteiger partial charge in [0, 0.05) is 0 Å². The van der Waals surface area contributed by atoms with Crippen LogP contribution in [0.25, 0.3) is 10.7 Å². The molecule has 1 aromatic carbocycles.